The fourth-order valence-corrected chi connectivity index (χ4v) is 2.82. The Bertz CT molecular complexity index is 409. The molecular weight excluding hydrogens is 248 g/mol. The zero-order valence-corrected chi connectivity index (χ0v) is 13.5. The predicted molar refractivity (Wildman–Crippen MR) is 83.6 cm³/mol. The van der Waals surface area contributed by atoms with Crippen LogP contribution in [-0.4, -0.2) is 24.0 Å². The molecule has 2 heterocycles. The second kappa shape index (κ2) is 6.77. The second-order valence-corrected chi connectivity index (χ2v) is 7.20. The van der Waals surface area contributed by atoms with Crippen LogP contribution in [0.15, 0.2) is 16.7 Å². The summed E-state index contributed by atoms with van der Waals surface area (Å²) in [5.74, 6) is 1.14. The van der Waals surface area contributed by atoms with Crippen molar-refractivity contribution in [3.8, 4) is 0 Å². The molecule has 0 unspecified atom stereocenters. The van der Waals surface area contributed by atoms with Crippen molar-refractivity contribution in [2.45, 2.75) is 66.1 Å². The molecule has 3 heteroatoms. The van der Waals surface area contributed by atoms with E-state index in [1.807, 2.05) is 6.26 Å². The van der Waals surface area contributed by atoms with E-state index in [1.54, 1.807) is 0 Å². The van der Waals surface area contributed by atoms with Crippen LogP contribution in [0.3, 0.4) is 0 Å². The van der Waals surface area contributed by atoms with E-state index in [2.05, 4.69) is 44.0 Å². The Morgan fingerprint density at radius 3 is 2.85 bits per heavy atom. The van der Waals surface area contributed by atoms with Gasteiger partial charge in [0.05, 0.1) is 12.8 Å². The fourth-order valence-electron chi connectivity index (χ4n) is 2.82. The van der Waals surface area contributed by atoms with E-state index in [-0.39, 0.29) is 0 Å². The minimum absolute atomic E-state index is 0.500. The number of rotatable bonds is 5. The molecule has 1 saturated heterocycles. The summed E-state index contributed by atoms with van der Waals surface area (Å²) in [4.78, 5) is 2.55. The van der Waals surface area contributed by atoms with Crippen molar-refractivity contribution in [1.82, 2.24) is 10.2 Å². The molecule has 114 valence electrons. The van der Waals surface area contributed by atoms with Crippen LogP contribution >= 0.6 is 0 Å². The van der Waals surface area contributed by atoms with Crippen molar-refractivity contribution < 1.29 is 4.42 Å². The summed E-state index contributed by atoms with van der Waals surface area (Å²) in [6.45, 7) is 13.4. The maximum Gasteiger partial charge on any atom is 0.122 e. The van der Waals surface area contributed by atoms with Crippen LogP contribution < -0.4 is 5.32 Å². The highest BCUT2D eigenvalue weighted by molar-refractivity contribution is 5.17. The quantitative estimate of drug-likeness (QED) is 0.888. The lowest BCUT2D eigenvalue weighted by Crippen LogP contribution is -2.26. The summed E-state index contributed by atoms with van der Waals surface area (Å²) in [7, 11) is 0. The molecule has 0 aliphatic carbocycles. The molecule has 0 bridgehead atoms. The summed E-state index contributed by atoms with van der Waals surface area (Å²) in [5, 5.41) is 3.47. The van der Waals surface area contributed by atoms with E-state index in [0.29, 0.717) is 11.5 Å². The Hall–Kier alpha value is -0.800. The normalized spacial score (nSPS) is 20.2. The van der Waals surface area contributed by atoms with Gasteiger partial charge in [0.2, 0.25) is 0 Å². The zero-order chi connectivity index (χ0) is 14.6. The lowest BCUT2D eigenvalue weighted by Gasteiger charge is -2.23. The molecule has 1 aliphatic rings. The molecule has 3 nitrogen and oxygen atoms in total. The first-order valence-corrected chi connectivity index (χ1v) is 7.97. The number of hydrogen-bond acceptors (Lipinski definition) is 3. The van der Waals surface area contributed by atoms with E-state index in [9.17, 15) is 0 Å². The summed E-state index contributed by atoms with van der Waals surface area (Å²) < 4.78 is 5.71. The van der Waals surface area contributed by atoms with Crippen molar-refractivity contribution in [2.24, 2.45) is 5.41 Å². The van der Waals surface area contributed by atoms with Gasteiger partial charge in [-0.15, -0.1) is 0 Å². The Morgan fingerprint density at radius 1 is 1.30 bits per heavy atom. The Labute approximate surface area is 123 Å². The summed E-state index contributed by atoms with van der Waals surface area (Å²) in [5.41, 5.74) is 1.81. The summed E-state index contributed by atoms with van der Waals surface area (Å²) >= 11 is 0. The molecule has 1 aliphatic heterocycles. The molecular formula is C17H30N2O. The van der Waals surface area contributed by atoms with Gasteiger partial charge in [-0.05, 0) is 43.8 Å². The van der Waals surface area contributed by atoms with Crippen LogP contribution in [0.25, 0.3) is 0 Å². The van der Waals surface area contributed by atoms with Gasteiger partial charge in [-0.2, -0.15) is 0 Å². The first-order chi connectivity index (χ1) is 9.46. The van der Waals surface area contributed by atoms with E-state index in [1.165, 1.54) is 37.9 Å². The van der Waals surface area contributed by atoms with Gasteiger partial charge in [0.1, 0.15) is 5.76 Å². The molecule has 1 aromatic rings. The van der Waals surface area contributed by atoms with Gasteiger partial charge >= 0.3 is 0 Å². The first-order valence-electron chi connectivity index (χ1n) is 7.97. The lowest BCUT2D eigenvalue weighted by atomic mass is 9.85. The van der Waals surface area contributed by atoms with Crippen LogP contribution in [0.4, 0.5) is 0 Å². The molecule has 0 aromatic carbocycles. The van der Waals surface area contributed by atoms with E-state index in [4.69, 9.17) is 4.42 Å². The lowest BCUT2D eigenvalue weighted by molar-refractivity contribution is 0.237. The summed E-state index contributed by atoms with van der Waals surface area (Å²) in [6, 6.07) is 2.61. The highest BCUT2D eigenvalue weighted by Crippen LogP contribution is 2.30. The molecule has 0 spiro atoms. The van der Waals surface area contributed by atoms with Gasteiger partial charge in [-0.3, -0.25) is 4.90 Å². The molecule has 0 saturated carbocycles. The Balaban J connectivity index is 1.91. The van der Waals surface area contributed by atoms with Crippen LogP contribution in [-0.2, 0) is 13.1 Å². The molecule has 1 fully saturated rings. The minimum Gasteiger partial charge on any atom is -0.468 e. The van der Waals surface area contributed by atoms with E-state index < -0.39 is 0 Å². The molecule has 0 amide bonds. The third-order valence-electron chi connectivity index (χ3n) is 4.34. The molecule has 2 rings (SSSR count). The molecule has 20 heavy (non-hydrogen) atoms. The van der Waals surface area contributed by atoms with Gasteiger partial charge in [0.15, 0.2) is 0 Å². The number of nitrogens with zero attached hydrogens (tertiary/aromatic N) is 1. The van der Waals surface area contributed by atoms with E-state index in [0.717, 1.165) is 18.8 Å². The maximum absolute atomic E-state index is 5.71. The number of nitrogens with one attached hydrogen (secondary N) is 1. The Morgan fingerprint density at radius 2 is 2.10 bits per heavy atom. The average Bonchev–Trinajstić information content (AvgIpc) is 2.72. The third kappa shape index (κ3) is 4.64. The van der Waals surface area contributed by atoms with E-state index >= 15 is 0 Å². The van der Waals surface area contributed by atoms with Crippen LogP contribution in [0, 0.1) is 5.41 Å². The standard InChI is InChI=1S/C17H30N2O/c1-14(2)18-12-15-6-11-20-16(15)13-19-9-5-7-17(3,4)8-10-19/h6,11,14,18H,5,7-10,12-13H2,1-4H3. The highest BCUT2D eigenvalue weighted by Gasteiger charge is 2.23. The van der Waals surface area contributed by atoms with Gasteiger partial charge < -0.3 is 9.73 Å². The van der Waals surface area contributed by atoms with Gasteiger partial charge in [-0.25, -0.2) is 0 Å². The average molecular weight is 278 g/mol. The largest absolute Gasteiger partial charge is 0.468 e. The van der Waals surface area contributed by atoms with Crippen molar-refractivity contribution in [1.29, 1.82) is 0 Å². The third-order valence-corrected chi connectivity index (χ3v) is 4.34. The summed E-state index contributed by atoms with van der Waals surface area (Å²) in [6.07, 6.45) is 5.75. The number of hydrogen-bond donors (Lipinski definition) is 1. The van der Waals surface area contributed by atoms with Crippen LogP contribution in [0.5, 0.6) is 0 Å². The monoisotopic (exact) mass is 278 g/mol. The fraction of sp³-hybridized carbons (Fsp3) is 0.765. The highest BCUT2D eigenvalue weighted by atomic mass is 16.3. The van der Waals surface area contributed by atoms with Crippen molar-refractivity contribution in [2.75, 3.05) is 13.1 Å². The smallest absolute Gasteiger partial charge is 0.122 e. The molecule has 0 radical (unpaired) electrons. The number of furan rings is 1. The van der Waals surface area contributed by atoms with Crippen LogP contribution in [0.2, 0.25) is 0 Å². The molecule has 0 atom stereocenters. The van der Waals surface area contributed by atoms with Crippen molar-refractivity contribution >= 4 is 0 Å². The maximum atomic E-state index is 5.71. The van der Waals surface area contributed by atoms with Crippen LogP contribution in [0.1, 0.15) is 58.3 Å². The topological polar surface area (TPSA) is 28.4 Å². The van der Waals surface area contributed by atoms with Gasteiger partial charge in [-0.1, -0.05) is 27.7 Å². The first kappa shape index (κ1) is 15.6. The van der Waals surface area contributed by atoms with Crippen molar-refractivity contribution in [3.63, 3.8) is 0 Å². The second-order valence-electron chi connectivity index (χ2n) is 7.20. The Kier molecular flexibility index (Phi) is 5.28. The molecule has 1 N–H and O–H groups in total. The zero-order valence-electron chi connectivity index (χ0n) is 13.5. The van der Waals surface area contributed by atoms with Gasteiger partial charge in [0, 0.05) is 18.2 Å². The van der Waals surface area contributed by atoms with Crippen molar-refractivity contribution in [3.05, 3.63) is 23.7 Å². The minimum atomic E-state index is 0.500. The predicted octanol–water partition coefficient (Wildman–Crippen LogP) is 3.79. The number of likely N-dealkylation sites (tertiary alicyclic amines) is 1. The van der Waals surface area contributed by atoms with Gasteiger partial charge in [0.25, 0.3) is 0 Å². The SMILES string of the molecule is CC(C)NCc1ccoc1CN1CCCC(C)(C)CC1. The molecule has 1 aromatic heterocycles.